The molecule has 0 spiro atoms. The van der Waals surface area contributed by atoms with Gasteiger partial charge in [-0.2, -0.15) is 0 Å². The normalized spacial score (nSPS) is 12.1. The Hall–Kier alpha value is -2.92. The molecule has 0 aliphatic heterocycles. The standard InChI is InChI=1S/C23H24FNO3/c1-5-11-25-15(4)18-13-19-20(12-14(18)3)28-22(21(19)23(26)27-6-2)16-7-9-17(24)10-8-16/h5,7-10,12-13,15,25H,1,6,11H2,2-4H3. The molecule has 1 heterocycles. The van der Waals surface area contributed by atoms with Crippen LogP contribution in [-0.4, -0.2) is 19.1 Å². The first-order valence-electron chi connectivity index (χ1n) is 9.30. The van der Waals surface area contributed by atoms with Crippen molar-refractivity contribution < 1.29 is 18.3 Å². The molecule has 1 aromatic heterocycles. The van der Waals surface area contributed by atoms with E-state index in [1.807, 2.05) is 19.1 Å². The zero-order valence-electron chi connectivity index (χ0n) is 16.3. The zero-order valence-corrected chi connectivity index (χ0v) is 16.3. The van der Waals surface area contributed by atoms with Crippen molar-refractivity contribution in [3.63, 3.8) is 0 Å². The highest BCUT2D eigenvalue weighted by Gasteiger charge is 2.25. The van der Waals surface area contributed by atoms with Gasteiger partial charge in [0, 0.05) is 23.5 Å². The summed E-state index contributed by atoms with van der Waals surface area (Å²) in [6.45, 7) is 10.5. The molecule has 1 unspecified atom stereocenters. The molecule has 2 aromatic carbocycles. The van der Waals surface area contributed by atoms with Gasteiger partial charge >= 0.3 is 5.97 Å². The van der Waals surface area contributed by atoms with Crippen LogP contribution in [0.1, 0.15) is 41.4 Å². The summed E-state index contributed by atoms with van der Waals surface area (Å²) in [4.78, 5) is 12.7. The number of benzene rings is 2. The van der Waals surface area contributed by atoms with E-state index in [1.165, 1.54) is 12.1 Å². The minimum absolute atomic E-state index is 0.0709. The summed E-state index contributed by atoms with van der Waals surface area (Å²) >= 11 is 0. The van der Waals surface area contributed by atoms with E-state index >= 15 is 0 Å². The van der Waals surface area contributed by atoms with E-state index in [9.17, 15) is 9.18 Å². The summed E-state index contributed by atoms with van der Waals surface area (Å²) in [7, 11) is 0. The molecule has 0 fully saturated rings. The molecule has 0 radical (unpaired) electrons. The average molecular weight is 381 g/mol. The van der Waals surface area contributed by atoms with Crippen molar-refractivity contribution in [3.8, 4) is 11.3 Å². The SMILES string of the molecule is C=CCNC(C)c1cc2c(C(=O)OCC)c(-c3ccc(F)cc3)oc2cc1C. The van der Waals surface area contributed by atoms with Crippen LogP contribution in [0.5, 0.6) is 0 Å². The summed E-state index contributed by atoms with van der Waals surface area (Å²) < 4.78 is 24.7. The van der Waals surface area contributed by atoms with Gasteiger partial charge in [-0.25, -0.2) is 9.18 Å². The Morgan fingerprint density at radius 3 is 2.68 bits per heavy atom. The minimum Gasteiger partial charge on any atom is -0.462 e. The lowest BCUT2D eigenvalue weighted by Crippen LogP contribution is -2.19. The summed E-state index contributed by atoms with van der Waals surface area (Å²) in [5.41, 5.74) is 3.69. The van der Waals surface area contributed by atoms with E-state index in [-0.39, 0.29) is 18.5 Å². The maximum absolute atomic E-state index is 13.3. The lowest BCUT2D eigenvalue weighted by atomic mass is 9.97. The highest BCUT2D eigenvalue weighted by atomic mass is 19.1. The fourth-order valence-electron chi connectivity index (χ4n) is 3.31. The summed E-state index contributed by atoms with van der Waals surface area (Å²) in [6.07, 6.45) is 1.80. The van der Waals surface area contributed by atoms with Crippen molar-refractivity contribution in [2.45, 2.75) is 26.8 Å². The monoisotopic (exact) mass is 381 g/mol. The van der Waals surface area contributed by atoms with Gasteiger partial charge < -0.3 is 14.5 Å². The Morgan fingerprint density at radius 1 is 1.32 bits per heavy atom. The number of hydrogen-bond acceptors (Lipinski definition) is 4. The third kappa shape index (κ3) is 3.85. The number of hydrogen-bond donors (Lipinski definition) is 1. The van der Waals surface area contributed by atoms with Crippen LogP contribution in [-0.2, 0) is 4.74 Å². The largest absolute Gasteiger partial charge is 0.462 e. The van der Waals surface area contributed by atoms with Crippen LogP contribution < -0.4 is 5.32 Å². The average Bonchev–Trinajstić information content (AvgIpc) is 3.04. The van der Waals surface area contributed by atoms with Gasteiger partial charge in [-0.1, -0.05) is 6.08 Å². The van der Waals surface area contributed by atoms with E-state index in [0.29, 0.717) is 34.4 Å². The van der Waals surface area contributed by atoms with Crippen molar-refractivity contribution >= 4 is 16.9 Å². The molecule has 0 aliphatic rings. The predicted molar refractivity (Wildman–Crippen MR) is 109 cm³/mol. The fraction of sp³-hybridized carbons (Fsp3) is 0.261. The first-order chi connectivity index (χ1) is 13.5. The molecule has 0 amide bonds. The minimum atomic E-state index is -0.456. The lowest BCUT2D eigenvalue weighted by molar-refractivity contribution is 0.0528. The van der Waals surface area contributed by atoms with Gasteiger partial charge in [0.05, 0.1) is 6.61 Å². The number of ether oxygens (including phenoxy) is 1. The number of halogens is 1. The summed E-state index contributed by atoms with van der Waals surface area (Å²) in [5.74, 6) is -0.420. The smallest absolute Gasteiger partial charge is 0.342 e. The molecule has 0 aliphatic carbocycles. The Kier molecular flexibility index (Phi) is 5.95. The molecule has 5 heteroatoms. The number of nitrogens with one attached hydrogen (secondary N) is 1. The topological polar surface area (TPSA) is 51.5 Å². The molecule has 3 rings (SSSR count). The maximum Gasteiger partial charge on any atom is 0.342 e. The van der Waals surface area contributed by atoms with E-state index in [4.69, 9.17) is 9.15 Å². The summed E-state index contributed by atoms with van der Waals surface area (Å²) in [6, 6.07) is 9.84. The van der Waals surface area contributed by atoms with Crippen molar-refractivity contribution in [1.82, 2.24) is 5.32 Å². The maximum atomic E-state index is 13.3. The van der Waals surface area contributed by atoms with Gasteiger partial charge in [0.25, 0.3) is 0 Å². The van der Waals surface area contributed by atoms with Crippen molar-refractivity contribution in [1.29, 1.82) is 0 Å². The van der Waals surface area contributed by atoms with Crippen molar-refractivity contribution in [2.75, 3.05) is 13.2 Å². The molecular weight excluding hydrogens is 357 g/mol. The third-order valence-corrected chi connectivity index (χ3v) is 4.70. The molecule has 1 atom stereocenters. The first-order valence-corrected chi connectivity index (χ1v) is 9.30. The first kappa shape index (κ1) is 19.8. The lowest BCUT2D eigenvalue weighted by Gasteiger charge is -2.15. The van der Waals surface area contributed by atoms with Crippen molar-refractivity contribution in [2.24, 2.45) is 0 Å². The second-order valence-electron chi connectivity index (χ2n) is 6.66. The van der Waals surface area contributed by atoms with Crippen LogP contribution in [0.4, 0.5) is 4.39 Å². The predicted octanol–water partition coefficient (Wildman–Crippen LogP) is 5.56. The highest BCUT2D eigenvalue weighted by molar-refractivity contribution is 6.09. The third-order valence-electron chi connectivity index (χ3n) is 4.70. The van der Waals surface area contributed by atoms with E-state index < -0.39 is 5.97 Å². The van der Waals surface area contributed by atoms with Gasteiger partial charge in [0.15, 0.2) is 0 Å². The zero-order chi connectivity index (χ0) is 20.3. The van der Waals surface area contributed by atoms with Gasteiger partial charge in [-0.05, 0) is 68.3 Å². The second-order valence-corrected chi connectivity index (χ2v) is 6.66. The number of rotatable bonds is 7. The Bertz CT molecular complexity index is 1000. The van der Waals surface area contributed by atoms with Crippen LogP contribution >= 0.6 is 0 Å². The van der Waals surface area contributed by atoms with Crippen LogP contribution in [0, 0.1) is 12.7 Å². The fourth-order valence-corrected chi connectivity index (χ4v) is 3.31. The van der Waals surface area contributed by atoms with Crippen LogP contribution in [0.3, 0.4) is 0 Å². The molecule has 3 aromatic rings. The van der Waals surface area contributed by atoms with E-state index in [2.05, 4.69) is 18.8 Å². The molecule has 28 heavy (non-hydrogen) atoms. The molecule has 4 nitrogen and oxygen atoms in total. The Morgan fingerprint density at radius 2 is 2.04 bits per heavy atom. The van der Waals surface area contributed by atoms with Crippen LogP contribution in [0.25, 0.3) is 22.3 Å². The van der Waals surface area contributed by atoms with Crippen molar-refractivity contribution in [3.05, 3.63) is 71.6 Å². The number of esters is 1. The van der Waals surface area contributed by atoms with Gasteiger partial charge in [-0.3, -0.25) is 0 Å². The summed E-state index contributed by atoms with van der Waals surface area (Å²) in [5, 5.41) is 4.05. The van der Waals surface area contributed by atoms with Gasteiger partial charge in [-0.15, -0.1) is 6.58 Å². The Labute approximate surface area is 164 Å². The molecule has 0 saturated heterocycles. The number of carbonyl (C=O) groups excluding carboxylic acids is 1. The molecule has 146 valence electrons. The number of furan rings is 1. The van der Waals surface area contributed by atoms with Gasteiger partial charge in [0.1, 0.15) is 22.7 Å². The number of carbonyl (C=O) groups is 1. The number of fused-ring (bicyclic) bond motifs is 1. The van der Waals surface area contributed by atoms with Gasteiger partial charge in [0.2, 0.25) is 0 Å². The highest BCUT2D eigenvalue weighted by Crippen LogP contribution is 2.36. The van der Waals surface area contributed by atoms with Crippen LogP contribution in [0.2, 0.25) is 0 Å². The quantitative estimate of drug-likeness (QED) is 0.430. The molecule has 0 bridgehead atoms. The molecule has 1 N–H and O–H groups in total. The number of aryl methyl sites for hydroxylation is 1. The molecule has 0 saturated carbocycles. The van der Waals surface area contributed by atoms with E-state index in [1.54, 1.807) is 25.1 Å². The second kappa shape index (κ2) is 8.40. The molecular formula is C23H24FNO3. The van der Waals surface area contributed by atoms with Crippen LogP contribution in [0.15, 0.2) is 53.5 Å². The Balaban J connectivity index is 2.20. The van der Waals surface area contributed by atoms with E-state index in [0.717, 1.165) is 11.1 Å².